The summed E-state index contributed by atoms with van der Waals surface area (Å²) in [5.41, 5.74) is 0. The van der Waals surface area contributed by atoms with Crippen molar-refractivity contribution < 1.29 is 12.6 Å². The van der Waals surface area contributed by atoms with Gasteiger partial charge in [-0.3, -0.25) is 0 Å². The topological polar surface area (TPSA) is 43.4 Å². The third-order valence-corrected chi connectivity index (χ3v) is 3.17. The highest BCUT2D eigenvalue weighted by Gasteiger charge is 2.10. The van der Waals surface area contributed by atoms with Gasteiger partial charge in [-0.15, -0.1) is 12.6 Å². The Morgan fingerprint density at radius 1 is 1.29 bits per heavy atom. The van der Waals surface area contributed by atoms with E-state index < -0.39 is 10.1 Å². The van der Waals surface area contributed by atoms with Crippen LogP contribution >= 0.6 is 12.6 Å². The molecule has 0 aliphatic heterocycles. The second kappa shape index (κ2) is 4.70. The molecule has 0 heterocycles. The van der Waals surface area contributed by atoms with Crippen LogP contribution in [0.5, 0.6) is 5.75 Å². The van der Waals surface area contributed by atoms with Gasteiger partial charge in [0.1, 0.15) is 5.75 Å². The first-order valence-corrected chi connectivity index (χ1v) is 6.27. The Bertz CT molecular complexity index is 381. The zero-order valence-corrected chi connectivity index (χ0v) is 9.51. The lowest BCUT2D eigenvalue weighted by molar-refractivity contribution is 0.485. The van der Waals surface area contributed by atoms with Crippen molar-refractivity contribution in [2.75, 3.05) is 5.75 Å². The Balaban J connectivity index is 2.74. The van der Waals surface area contributed by atoms with Crippen molar-refractivity contribution in [3.05, 3.63) is 24.3 Å². The summed E-state index contributed by atoms with van der Waals surface area (Å²) in [7, 11) is -3.42. The summed E-state index contributed by atoms with van der Waals surface area (Å²) in [4.78, 5) is 0.769. The normalized spacial score (nSPS) is 11.3. The maximum absolute atomic E-state index is 11.2. The lowest BCUT2D eigenvalue weighted by Gasteiger charge is -2.05. The van der Waals surface area contributed by atoms with Gasteiger partial charge in [-0.25, -0.2) is 0 Å². The van der Waals surface area contributed by atoms with Gasteiger partial charge in [0.15, 0.2) is 0 Å². The second-order valence-electron chi connectivity index (χ2n) is 2.84. The Labute approximate surface area is 89.6 Å². The predicted octanol–water partition coefficient (Wildman–Crippen LogP) is 2.09. The summed E-state index contributed by atoms with van der Waals surface area (Å²) >= 11 is 4.08. The van der Waals surface area contributed by atoms with Gasteiger partial charge in [0, 0.05) is 4.90 Å². The molecule has 0 radical (unpaired) electrons. The lowest BCUT2D eigenvalue weighted by atomic mass is 10.3. The largest absolute Gasteiger partial charge is 0.382 e. The summed E-state index contributed by atoms with van der Waals surface area (Å²) in [6.45, 7) is 1.79. The standard InChI is InChI=1S/C9H12O3S2/c1-2-7-14(10,11)12-8-3-5-9(13)6-4-8/h3-6,13H,2,7H2,1H3. The van der Waals surface area contributed by atoms with Crippen LogP contribution in [0.3, 0.4) is 0 Å². The molecule has 14 heavy (non-hydrogen) atoms. The molecule has 0 bridgehead atoms. The molecular formula is C9H12O3S2. The van der Waals surface area contributed by atoms with Gasteiger partial charge < -0.3 is 4.18 Å². The van der Waals surface area contributed by atoms with Crippen molar-refractivity contribution in [1.82, 2.24) is 0 Å². The third-order valence-electron chi connectivity index (χ3n) is 1.51. The average molecular weight is 232 g/mol. The zero-order chi connectivity index (χ0) is 10.6. The van der Waals surface area contributed by atoms with Crippen LogP contribution in [0.1, 0.15) is 13.3 Å². The van der Waals surface area contributed by atoms with Crippen LogP contribution in [-0.4, -0.2) is 14.2 Å². The fourth-order valence-corrected chi connectivity index (χ4v) is 2.08. The molecular weight excluding hydrogens is 220 g/mol. The van der Waals surface area contributed by atoms with E-state index in [9.17, 15) is 8.42 Å². The molecule has 0 atom stereocenters. The number of benzene rings is 1. The van der Waals surface area contributed by atoms with Crippen molar-refractivity contribution in [3.63, 3.8) is 0 Å². The molecule has 0 aliphatic carbocycles. The summed E-state index contributed by atoms with van der Waals surface area (Å²) in [6, 6.07) is 6.52. The van der Waals surface area contributed by atoms with Crippen molar-refractivity contribution >= 4 is 22.7 Å². The lowest BCUT2D eigenvalue weighted by Crippen LogP contribution is -2.12. The molecule has 0 saturated heterocycles. The second-order valence-corrected chi connectivity index (χ2v) is 5.05. The molecule has 0 N–H and O–H groups in total. The van der Waals surface area contributed by atoms with Crippen molar-refractivity contribution in [2.24, 2.45) is 0 Å². The number of hydrogen-bond donors (Lipinski definition) is 1. The third kappa shape index (κ3) is 3.59. The highest BCUT2D eigenvalue weighted by atomic mass is 32.2. The van der Waals surface area contributed by atoms with Crippen molar-refractivity contribution in [3.8, 4) is 5.75 Å². The van der Waals surface area contributed by atoms with Gasteiger partial charge in [-0.2, -0.15) is 8.42 Å². The van der Waals surface area contributed by atoms with Crippen molar-refractivity contribution in [2.45, 2.75) is 18.2 Å². The molecule has 5 heteroatoms. The number of hydrogen-bond acceptors (Lipinski definition) is 4. The highest BCUT2D eigenvalue weighted by Crippen LogP contribution is 2.16. The Kier molecular flexibility index (Phi) is 3.83. The molecule has 0 amide bonds. The Morgan fingerprint density at radius 2 is 1.86 bits per heavy atom. The maximum Gasteiger partial charge on any atom is 0.309 e. The van der Waals surface area contributed by atoms with E-state index in [1.807, 2.05) is 0 Å². The maximum atomic E-state index is 11.2. The minimum Gasteiger partial charge on any atom is -0.382 e. The van der Waals surface area contributed by atoms with Gasteiger partial charge in [-0.05, 0) is 30.7 Å². The van der Waals surface area contributed by atoms with Crippen molar-refractivity contribution in [1.29, 1.82) is 0 Å². The fourth-order valence-electron chi connectivity index (χ4n) is 0.940. The first kappa shape index (κ1) is 11.4. The van der Waals surface area contributed by atoms with E-state index in [1.165, 1.54) is 0 Å². The smallest absolute Gasteiger partial charge is 0.309 e. The molecule has 0 spiro atoms. The van der Waals surface area contributed by atoms with Gasteiger partial charge in [0.25, 0.3) is 0 Å². The predicted molar refractivity (Wildman–Crippen MR) is 58.4 cm³/mol. The van der Waals surface area contributed by atoms with Crippen LogP contribution in [0.2, 0.25) is 0 Å². The molecule has 78 valence electrons. The minimum absolute atomic E-state index is 0.0373. The minimum atomic E-state index is -3.42. The molecule has 1 rings (SSSR count). The van der Waals surface area contributed by atoms with E-state index in [4.69, 9.17) is 4.18 Å². The number of thiol groups is 1. The van der Waals surface area contributed by atoms with E-state index in [0.717, 1.165) is 4.90 Å². The van der Waals surface area contributed by atoms with Crippen LogP contribution in [0.4, 0.5) is 0 Å². The molecule has 0 saturated carbocycles. The SMILES string of the molecule is CCCS(=O)(=O)Oc1ccc(S)cc1. The van der Waals surface area contributed by atoms with Gasteiger partial charge >= 0.3 is 10.1 Å². The molecule has 0 aromatic heterocycles. The zero-order valence-electron chi connectivity index (χ0n) is 7.80. The van der Waals surface area contributed by atoms with Gasteiger partial charge in [0.2, 0.25) is 0 Å². The van der Waals surface area contributed by atoms with Crippen LogP contribution in [0.25, 0.3) is 0 Å². The summed E-state index contributed by atoms with van der Waals surface area (Å²) in [6.07, 6.45) is 0.549. The average Bonchev–Trinajstić information content (AvgIpc) is 2.08. The quantitative estimate of drug-likeness (QED) is 0.638. The first-order valence-electron chi connectivity index (χ1n) is 4.24. The van der Waals surface area contributed by atoms with E-state index >= 15 is 0 Å². The molecule has 0 unspecified atom stereocenters. The Hall–Kier alpha value is -0.680. The number of rotatable bonds is 4. The summed E-state index contributed by atoms with van der Waals surface area (Å²) in [5.74, 6) is 0.367. The van der Waals surface area contributed by atoms with Gasteiger partial charge in [0.05, 0.1) is 5.75 Å². The molecule has 0 aliphatic rings. The van der Waals surface area contributed by atoms with E-state index in [1.54, 1.807) is 31.2 Å². The van der Waals surface area contributed by atoms with E-state index in [0.29, 0.717) is 12.2 Å². The molecule has 0 fully saturated rings. The van der Waals surface area contributed by atoms with Crippen LogP contribution < -0.4 is 4.18 Å². The fraction of sp³-hybridized carbons (Fsp3) is 0.333. The van der Waals surface area contributed by atoms with Gasteiger partial charge in [-0.1, -0.05) is 6.92 Å². The molecule has 1 aromatic carbocycles. The van der Waals surface area contributed by atoms with E-state index in [2.05, 4.69) is 12.6 Å². The van der Waals surface area contributed by atoms with Crippen LogP contribution in [0, 0.1) is 0 Å². The molecule has 1 aromatic rings. The summed E-state index contributed by atoms with van der Waals surface area (Å²) in [5, 5.41) is 0. The summed E-state index contributed by atoms with van der Waals surface area (Å²) < 4.78 is 27.3. The first-order chi connectivity index (χ1) is 6.53. The van der Waals surface area contributed by atoms with Crippen LogP contribution in [-0.2, 0) is 10.1 Å². The highest BCUT2D eigenvalue weighted by molar-refractivity contribution is 7.87. The van der Waals surface area contributed by atoms with Crippen LogP contribution in [0.15, 0.2) is 29.2 Å². The Morgan fingerprint density at radius 3 is 2.36 bits per heavy atom. The van der Waals surface area contributed by atoms with E-state index in [-0.39, 0.29) is 5.75 Å². The monoisotopic (exact) mass is 232 g/mol. The molecule has 3 nitrogen and oxygen atoms in total.